The molecule has 3 rings (SSSR count). The van der Waals surface area contributed by atoms with E-state index in [-0.39, 0.29) is 18.4 Å². The van der Waals surface area contributed by atoms with Crippen LogP contribution in [0.4, 0.5) is 4.79 Å². The van der Waals surface area contributed by atoms with Gasteiger partial charge in [-0.15, -0.1) is 0 Å². The molecule has 6 atom stereocenters. The molecule has 1 aromatic heterocycles. The van der Waals surface area contributed by atoms with Crippen LogP contribution in [0.15, 0.2) is 46.9 Å². The minimum Gasteiger partial charge on any atom is -0.464 e. The predicted octanol–water partition coefficient (Wildman–Crippen LogP) is 5.29. The second kappa shape index (κ2) is 16.8. The van der Waals surface area contributed by atoms with Crippen LogP contribution in [0.5, 0.6) is 0 Å². The highest BCUT2D eigenvalue weighted by molar-refractivity contribution is 5.95. The second-order valence-electron chi connectivity index (χ2n) is 14.3. The van der Waals surface area contributed by atoms with Gasteiger partial charge < -0.3 is 29.4 Å². The van der Waals surface area contributed by atoms with Crippen molar-refractivity contribution in [1.82, 2.24) is 20.4 Å². The number of likely N-dealkylation sites (N-methyl/N-ethyl adjacent to an activating group) is 1. The van der Waals surface area contributed by atoms with Gasteiger partial charge in [0.05, 0.1) is 6.04 Å². The van der Waals surface area contributed by atoms with Gasteiger partial charge in [-0.1, -0.05) is 64.4 Å². The molecule has 0 radical (unpaired) electrons. The Morgan fingerprint density at radius 3 is 2.16 bits per heavy atom. The van der Waals surface area contributed by atoms with Gasteiger partial charge in [0.15, 0.2) is 0 Å². The van der Waals surface area contributed by atoms with E-state index in [1.165, 1.54) is 16.8 Å². The summed E-state index contributed by atoms with van der Waals surface area (Å²) in [5, 5.41) is 5.73. The SMILES string of the molecule is CC[C@H](C)[C@H](NC(=O)[C@@H]1CC[C@H](c2ccc(C)o2)N1C(=O)[C@@H](NC(=O)[C@H](C)N(C)C(=O)OC(C)(C)C)C(C)C)C(=O)OCc1ccccc1. The zero-order valence-corrected chi connectivity index (χ0v) is 30.6. The minimum atomic E-state index is -1.03. The Kier molecular flexibility index (Phi) is 13.4. The van der Waals surface area contributed by atoms with Gasteiger partial charge >= 0.3 is 12.1 Å². The van der Waals surface area contributed by atoms with Crippen LogP contribution >= 0.6 is 0 Å². The number of likely N-dealkylation sites (tertiary alicyclic amines) is 1. The van der Waals surface area contributed by atoms with Crippen LogP contribution in [0, 0.1) is 18.8 Å². The Morgan fingerprint density at radius 2 is 1.61 bits per heavy atom. The number of furan rings is 1. The summed E-state index contributed by atoms with van der Waals surface area (Å²) in [5.74, 6) is -1.52. The normalized spacial score (nSPS) is 18.6. The van der Waals surface area contributed by atoms with Crippen molar-refractivity contribution in [3.8, 4) is 0 Å². The van der Waals surface area contributed by atoms with Gasteiger partial charge in [0, 0.05) is 7.05 Å². The largest absolute Gasteiger partial charge is 0.464 e. The highest BCUT2D eigenvalue weighted by atomic mass is 16.6. The number of benzene rings is 1. The molecule has 1 aliphatic heterocycles. The fourth-order valence-electron chi connectivity index (χ4n) is 5.64. The van der Waals surface area contributed by atoms with Gasteiger partial charge in [-0.3, -0.25) is 19.3 Å². The van der Waals surface area contributed by atoms with Crippen LogP contribution in [-0.4, -0.2) is 76.4 Å². The Balaban J connectivity index is 1.87. The van der Waals surface area contributed by atoms with E-state index in [1.54, 1.807) is 60.6 Å². The summed E-state index contributed by atoms with van der Waals surface area (Å²) >= 11 is 0. The summed E-state index contributed by atoms with van der Waals surface area (Å²) in [6.45, 7) is 16.0. The van der Waals surface area contributed by atoms with Crippen LogP contribution in [0.2, 0.25) is 0 Å². The van der Waals surface area contributed by atoms with Crippen molar-refractivity contribution in [3.05, 3.63) is 59.5 Å². The molecular formula is C37H54N4O8. The van der Waals surface area contributed by atoms with Gasteiger partial charge in [-0.25, -0.2) is 9.59 Å². The molecule has 1 aliphatic rings. The van der Waals surface area contributed by atoms with Crippen LogP contribution in [-0.2, 0) is 35.3 Å². The summed E-state index contributed by atoms with van der Waals surface area (Å²) in [6.07, 6.45) is 0.667. The average molecular weight is 683 g/mol. The fourth-order valence-corrected chi connectivity index (χ4v) is 5.64. The summed E-state index contributed by atoms with van der Waals surface area (Å²) in [4.78, 5) is 70.7. The highest BCUT2D eigenvalue weighted by Crippen LogP contribution is 2.38. The quantitative estimate of drug-likeness (QED) is 0.271. The molecule has 0 bridgehead atoms. The van der Waals surface area contributed by atoms with Crippen molar-refractivity contribution in [2.75, 3.05) is 7.05 Å². The standard InChI is InChI=1S/C37H54N4O8/c1-11-23(4)31(35(45)47-21-26-15-13-12-14-16-26)39-33(43)28-19-18-27(29-20-17-24(5)48-29)41(28)34(44)30(22(2)3)38-32(42)25(6)40(10)36(46)49-37(7,8)9/h12-17,20,22-23,25,27-28,30-31H,11,18-19,21H2,1-10H3,(H,38,42)(H,39,43)/t23-,25-,27+,28-,30-,31-/m0/s1. The van der Waals surface area contributed by atoms with Gasteiger partial charge in [0.2, 0.25) is 17.7 Å². The van der Waals surface area contributed by atoms with Crippen LogP contribution in [0.25, 0.3) is 0 Å². The highest BCUT2D eigenvalue weighted by Gasteiger charge is 2.47. The number of carbonyl (C=O) groups excluding carboxylic acids is 5. The molecule has 0 aliphatic carbocycles. The molecule has 0 spiro atoms. The van der Waals surface area contributed by atoms with Crippen molar-refractivity contribution >= 4 is 29.8 Å². The van der Waals surface area contributed by atoms with Crippen LogP contribution < -0.4 is 10.6 Å². The van der Waals surface area contributed by atoms with Gasteiger partial charge in [-0.2, -0.15) is 0 Å². The number of carbonyl (C=O) groups is 5. The average Bonchev–Trinajstić information content (AvgIpc) is 3.69. The maximum Gasteiger partial charge on any atom is 0.410 e. The Hall–Kier alpha value is -4.35. The topological polar surface area (TPSA) is 147 Å². The number of ether oxygens (including phenoxy) is 2. The summed E-state index contributed by atoms with van der Waals surface area (Å²) < 4.78 is 17.0. The second-order valence-corrected chi connectivity index (χ2v) is 14.3. The number of rotatable bonds is 13. The van der Waals surface area contributed by atoms with E-state index in [4.69, 9.17) is 13.9 Å². The number of esters is 1. The number of hydrogen-bond acceptors (Lipinski definition) is 8. The van der Waals surface area contributed by atoms with E-state index in [0.29, 0.717) is 30.8 Å². The molecule has 1 aromatic carbocycles. The number of nitrogens with one attached hydrogen (secondary N) is 2. The molecule has 2 N–H and O–H groups in total. The lowest BCUT2D eigenvalue weighted by Crippen LogP contribution is -2.59. The molecule has 1 saturated heterocycles. The Labute approximate surface area is 290 Å². The van der Waals surface area contributed by atoms with Crippen LogP contribution in [0.1, 0.15) is 97.8 Å². The van der Waals surface area contributed by atoms with Crippen LogP contribution in [0.3, 0.4) is 0 Å². The molecular weight excluding hydrogens is 628 g/mol. The summed E-state index contributed by atoms with van der Waals surface area (Å²) in [6, 6.07) is 8.40. The first-order chi connectivity index (χ1) is 22.9. The lowest BCUT2D eigenvalue weighted by Gasteiger charge is -2.35. The number of amides is 4. The fraction of sp³-hybridized carbons (Fsp3) is 0.595. The zero-order chi connectivity index (χ0) is 36.6. The molecule has 49 heavy (non-hydrogen) atoms. The first kappa shape index (κ1) is 39.1. The molecule has 0 unspecified atom stereocenters. The number of nitrogens with zero attached hydrogens (tertiary/aromatic N) is 2. The van der Waals surface area contributed by atoms with E-state index < -0.39 is 65.6 Å². The lowest BCUT2D eigenvalue weighted by atomic mass is 9.98. The minimum absolute atomic E-state index is 0.0632. The number of aryl methyl sites for hydroxylation is 1. The smallest absolute Gasteiger partial charge is 0.410 e. The molecule has 1 fully saturated rings. The molecule has 12 nitrogen and oxygen atoms in total. The summed E-state index contributed by atoms with van der Waals surface area (Å²) in [5.41, 5.74) is 0.0670. The molecule has 0 saturated carbocycles. The Morgan fingerprint density at radius 1 is 0.959 bits per heavy atom. The number of hydrogen-bond donors (Lipinski definition) is 2. The van der Waals surface area contributed by atoms with Crippen molar-refractivity contribution in [2.45, 2.75) is 124 Å². The van der Waals surface area contributed by atoms with E-state index in [9.17, 15) is 24.0 Å². The monoisotopic (exact) mass is 682 g/mol. The molecule has 12 heteroatoms. The third-order valence-corrected chi connectivity index (χ3v) is 8.89. The predicted molar refractivity (Wildman–Crippen MR) is 184 cm³/mol. The molecule has 270 valence electrons. The zero-order valence-electron chi connectivity index (χ0n) is 30.6. The summed E-state index contributed by atoms with van der Waals surface area (Å²) in [7, 11) is 1.46. The molecule has 2 heterocycles. The first-order valence-electron chi connectivity index (χ1n) is 17.1. The van der Waals surface area contributed by atoms with Gasteiger partial charge in [0.1, 0.15) is 47.9 Å². The maximum atomic E-state index is 14.5. The molecule has 4 amide bonds. The van der Waals surface area contributed by atoms with Crippen molar-refractivity contribution in [3.63, 3.8) is 0 Å². The van der Waals surface area contributed by atoms with Crippen molar-refractivity contribution < 1.29 is 37.9 Å². The first-order valence-corrected chi connectivity index (χ1v) is 17.1. The van der Waals surface area contributed by atoms with E-state index >= 15 is 0 Å². The van der Waals surface area contributed by atoms with Gasteiger partial charge in [-0.05, 0) is 77.0 Å². The van der Waals surface area contributed by atoms with E-state index in [2.05, 4.69) is 10.6 Å². The van der Waals surface area contributed by atoms with Gasteiger partial charge in [0.25, 0.3) is 0 Å². The third kappa shape index (κ3) is 10.3. The molecule has 2 aromatic rings. The maximum absolute atomic E-state index is 14.5. The lowest BCUT2D eigenvalue weighted by molar-refractivity contribution is -0.152. The van der Waals surface area contributed by atoms with Crippen molar-refractivity contribution in [2.24, 2.45) is 11.8 Å². The third-order valence-electron chi connectivity index (χ3n) is 8.89. The van der Waals surface area contributed by atoms with E-state index in [0.717, 1.165) is 5.56 Å². The Bertz CT molecular complexity index is 1450. The van der Waals surface area contributed by atoms with E-state index in [1.807, 2.05) is 44.2 Å². The van der Waals surface area contributed by atoms with Crippen molar-refractivity contribution in [1.29, 1.82) is 0 Å².